The zero-order chi connectivity index (χ0) is 106. The summed E-state index contributed by atoms with van der Waals surface area (Å²) in [5.74, 6) is 0. The Morgan fingerprint density at radius 1 is 0.155 bits per heavy atom. The maximum atomic E-state index is 2.59. The van der Waals surface area contributed by atoms with Crippen molar-refractivity contribution in [3.63, 3.8) is 0 Å². The minimum absolute atomic E-state index is 0.943. The third-order valence-corrected chi connectivity index (χ3v) is 28.9. The molecule has 0 amide bonds. The highest BCUT2D eigenvalue weighted by atomic mass is 15.0. The number of hydrogen-bond acceptors (Lipinski definition) is 0. The Hall–Kier alpha value is -14.8. The summed E-state index contributed by atoms with van der Waals surface area (Å²) in [7, 11) is 0. The van der Waals surface area contributed by atoms with E-state index in [1.54, 1.807) is 0 Å². The van der Waals surface area contributed by atoms with Gasteiger partial charge in [-0.1, -0.05) is 494 Å². The van der Waals surface area contributed by atoms with Crippen LogP contribution in [-0.2, 0) is 51.9 Å². The van der Waals surface area contributed by atoms with Gasteiger partial charge in [-0.15, -0.1) is 0 Å². The Morgan fingerprint density at radius 3 is 0.878 bits per heavy atom. The molecule has 0 saturated heterocycles. The van der Waals surface area contributed by atoms with E-state index in [4.69, 9.17) is 0 Å². The topological polar surface area (TPSA) is 19.7 Å². The van der Waals surface area contributed by atoms with Gasteiger partial charge < -0.3 is 18.3 Å². The highest BCUT2D eigenvalue weighted by Crippen LogP contribution is 2.57. The first-order valence-electron chi connectivity index (χ1n) is 56.7. The van der Waals surface area contributed by atoms with Crippen molar-refractivity contribution in [2.45, 2.75) is 246 Å². The fourth-order valence-corrected chi connectivity index (χ4v) is 24.1. The summed E-state index contributed by atoms with van der Waals surface area (Å²) in [6.45, 7) is 60.9. The molecule has 0 aliphatic heterocycles. The minimum Gasteiger partial charge on any atom is -0.340 e. The van der Waals surface area contributed by atoms with Crippen LogP contribution in [0.3, 0.4) is 0 Å². The molecule has 4 aliphatic rings. The third-order valence-electron chi connectivity index (χ3n) is 28.9. The largest absolute Gasteiger partial charge is 0.340 e. The fourth-order valence-electron chi connectivity index (χ4n) is 24.1. The quantitative estimate of drug-likeness (QED) is 0.157. The van der Waals surface area contributed by atoms with E-state index in [1.807, 2.05) is 166 Å². The first-order chi connectivity index (χ1) is 73.4. The van der Waals surface area contributed by atoms with Crippen LogP contribution in [0.25, 0.3) is 229 Å². The fraction of sp³-hybridized carbons (Fsp3) is 0.250. The molecule has 4 heteroatoms. The Bertz CT molecular complexity index is 8940. The van der Waals surface area contributed by atoms with E-state index in [1.165, 1.54) is 273 Å². The Kier molecular flexibility index (Phi) is 36.8. The van der Waals surface area contributed by atoms with Crippen LogP contribution in [0.15, 0.2) is 352 Å². The molecule has 148 heavy (non-hydrogen) atoms. The van der Waals surface area contributed by atoms with E-state index in [0.29, 0.717) is 0 Å². The molecule has 0 spiro atoms. The zero-order valence-corrected chi connectivity index (χ0v) is 93.9. The Balaban J connectivity index is 0.000000146. The molecule has 0 N–H and O–H groups in total. The molecule has 4 aromatic heterocycles. The maximum absolute atomic E-state index is 2.59. The molecule has 0 atom stereocenters. The molecule has 25 aromatic rings. The Labute approximate surface area is 882 Å². The van der Waals surface area contributed by atoms with Crippen LogP contribution in [0.5, 0.6) is 0 Å². The van der Waals surface area contributed by atoms with E-state index in [9.17, 15) is 0 Å². The van der Waals surface area contributed by atoms with Crippen LogP contribution in [0, 0.1) is 0 Å². The molecule has 4 heterocycles. The van der Waals surface area contributed by atoms with Crippen molar-refractivity contribution < 1.29 is 0 Å². The second-order valence-corrected chi connectivity index (χ2v) is 34.7. The predicted molar refractivity (Wildman–Crippen MR) is 667 cm³/mol. The van der Waals surface area contributed by atoms with Gasteiger partial charge in [0.1, 0.15) is 0 Å². The number of hydrogen-bond donors (Lipinski definition) is 0. The zero-order valence-electron chi connectivity index (χ0n) is 93.9. The summed E-state index contributed by atoms with van der Waals surface area (Å²) >= 11 is 0. The monoisotopic (exact) mass is 1940 g/mol. The van der Waals surface area contributed by atoms with Gasteiger partial charge in [0, 0.05) is 113 Å². The van der Waals surface area contributed by atoms with Crippen LogP contribution >= 0.6 is 0 Å². The highest BCUT2D eigenvalue weighted by Gasteiger charge is 2.35. The second kappa shape index (κ2) is 50.0. The number of rotatable bonds is 4. The van der Waals surface area contributed by atoms with Gasteiger partial charge in [0.15, 0.2) is 0 Å². The standard InChI is InChI=1S/C33H23N.3C29H21N.12C2H6/c1-2-34-32-26-17-9-6-14-23(26)22-13-5-7-15-24(22)30(32)31-28-19-20-11-3-4-12-21(20)29(28)25-16-8-10-18-27(25)33(31)34;1-2-30-26-14-8-7-13-23(26)28-25-17-20-15-18-9-3-4-10-19(18)16-24(20)27(25)21-11-5-6-12-22(21)29(28)30;1-2-30-25-14-8-7-13-23(25)28-24-17-19-16-15-18-9-3-4-10-20(18)26(19)27(24)21-11-5-6-12-22(21)29(28)30;1-2-30-26-14-8-7-13-23(26)28-25-17-24-19-10-4-3-9-18(19)15-16-21(24)27(25)20-11-5-6-12-22(20)29(28)30;12*1-2/h3-18H,2,19H2,1H3;3*3-16H,2,17H2,1H3;12*1-2H3. The lowest BCUT2D eigenvalue weighted by Gasteiger charge is -2.13. The van der Waals surface area contributed by atoms with Crippen molar-refractivity contribution in [1.82, 2.24) is 18.3 Å². The van der Waals surface area contributed by atoms with Gasteiger partial charge in [0.2, 0.25) is 0 Å². The van der Waals surface area contributed by atoms with Crippen molar-refractivity contribution in [2.24, 2.45) is 0 Å². The summed E-state index contributed by atoms with van der Waals surface area (Å²) in [5, 5.41) is 35.8. The molecule has 0 fully saturated rings. The molecule has 4 aliphatic carbocycles. The number of aromatic nitrogens is 4. The number of aryl methyl sites for hydroxylation is 4. The lowest BCUT2D eigenvalue weighted by Crippen LogP contribution is -1.96. The lowest BCUT2D eigenvalue weighted by atomic mass is 9.91. The van der Waals surface area contributed by atoms with Gasteiger partial charge in [-0.3, -0.25) is 0 Å². The van der Waals surface area contributed by atoms with Crippen LogP contribution in [0.4, 0.5) is 0 Å². The smallest absolute Gasteiger partial charge is 0.0577 e. The summed E-state index contributed by atoms with van der Waals surface area (Å²) in [6.07, 6.45) is 4.02. The van der Waals surface area contributed by atoms with Crippen molar-refractivity contribution in [3.8, 4) is 44.5 Å². The number of nitrogens with zero attached hydrogens (tertiary/aromatic N) is 4. The molecule has 29 rings (SSSR count). The van der Waals surface area contributed by atoms with E-state index in [2.05, 4.69) is 398 Å². The normalized spacial score (nSPS) is 11.2. The second-order valence-electron chi connectivity index (χ2n) is 34.7. The molecule has 4 nitrogen and oxygen atoms in total. The molecule has 754 valence electrons. The first-order valence-corrected chi connectivity index (χ1v) is 56.7. The van der Waals surface area contributed by atoms with Crippen molar-refractivity contribution in [1.29, 1.82) is 0 Å². The molecule has 0 unspecified atom stereocenters. The van der Waals surface area contributed by atoms with Crippen molar-refractivity contribution >= 4 is 184 Å². The van der Waals surface area contributed by atoms with Gasteiger partial charge in [-0.2, -0.15) is 0 Å². The maximum Gasteiger partial charge on any atom is 0.0577 e. The van der Waals surface area contributed by atoms with E-state index < -0.39 is 0 Å². The molecule has 21 aromatic carbocycles. The van der Waals surface area contributed by atoms with Crippen molar-refractivity contribution in [3.05, 3.63) is 396 Å². The summed E-state index contributed by atoms with van der Waals surface area (Å²) in [5.41, 5.74) is 34.2. The van der Waals surface area contributed by atoms with Gasteiger partial charge in [-0.05, 0) is 237 Å². The van der Waals surface area contributed by atoms with Gasteiger partial charge in [0.05, 0.1) is 27.6 Å². The van der Waals surface area contributed by atoms with E-state index in [0.717, 1.165) is 51.9 Å². The predicted octanol–water partition coefficient (Wildman–Crippen LogP) is 44.2. The molecule has 0 radical (unpaired) electrons. The lowest BCUT2D eigenvalue weighted by molar-refractivity contribution is 0.829. The van der Waals surface area contributed by atoms with E-state index in [-0.39, 0.29) is 0 Å². The number of fused-ring (bicyclic) bond motifs is 50. The number of benzene rings is 21. The Morgan fingerprint density at radius 2 is 0.432 bits per heavy atom. The van der Waals surface area contributed by atoms with Crippen LogP contribution in [0.2, 0.25) is 0 Å². The van der Waals surface area contributed by atoms with Gasteiger partial charge >= 0.3 is 0 Å². The first kappa shape index (κ1) is 109. The summed E-state index contributed by atoms with van der Waals surface area (Å²) in [4.78, 5) is 0. The highest BCUT2D eigenvalue weighted by molar-refractivity contribution is 6.37. The molecular weight excluding hydrogens is 1790 g/mol. The molecule has 0 saturated carbocycles. The molecular formula is C144H158N4. The third kappa shape index (κ3) is 18.1. The van der Waals surface area contributed by atoms with E-state index >= 15 is 0 Å². The summed E-state index contributed by atoms with van der Waals surface area (Å²) < 4.78 is 10.1. The average molecular weight is 1940 g/mol. The summed E-state index contributed by atoms with van der Waals surface area (Å²) in [6, 6.07) is 130. The van der Waals surface area contributed by atoms with Crippen molar-refractivity contribution in [2.75, 3.05) is 0 Å². The van der Waals surface area contributed by atoms with Crippen LogP contribution in [0.1, 0.15) is 238 Å². The van der Waals surface area contributed by atoms with Gasteiger partial charge in [0.25, 0.3) is 0 Å². The minimum atomic E-state index is 0.943. The SMILES string of the molecule is CC.CC.CC.CC.CC.CC.CC.CC.CC.CC.CC.CC.CCn1c2c3ccccc3c3c(c2c2c4ccccc4c4ccccc4c21)Cc1ccccc1-3.CCn1c2ccccc2c2c3c(c4ccccc4c21)-c1c(ccc2ccccc12)C3.CCn1c2ccccc2c2c3c(c4ccccc4c21)-c1cc2ccccc2cc1C3.CCn1c2ccccc2c2c3c(c4ccccc4c21)-c1ccc2ccccc2c1C3. The van der Waals surface area contributed by atoms with Crippen LogP contribution < -0.4 is 0 Å². The number of para-hydroxylation sites is 3. The van der Waals surface area contributed by atoms with Crippen LogP contribution in [-0.4, -0.2) is 18.3 Å². The average Bonchev–Trinajstić information content (AvgIpc) is 1.52. The van der Waals surface area contributed by atoms with Gasteiger partial charge in [-0.25, -0.2) is 0 Å². The molecule has 0 bridgehead atoms.